The van der Waals surface area contributed by atoms with Crippen LogP contribution in [0.25, 0.3) is 0 Å². The Bertz CT molecular complexity index is 1190. The van der Waals surface area contributed by atoms with Crippen molar-refractivity contribution in [1.82, 2.24) is 10.2 Å². The van der Waals surface area contributed by atoms with Crippen LogP contribution in [0.3, 0.4) is 0 Å². The van der Waals surface area contributed by atoms with Crippen LogP contribution in [-0.4, -0.2) is 35.6 Å². The number of benzene rings is 3. The van der Waals surface area contributed by atoms with Crippen LogP contribution in [-0.2, 0) is 16.8 Å². The largest absolute Gasteiger partial charge is 0.492 e. The van der Waals surface area contributed by atoms with Crippen LogP contribution < -0.4 is 10.1 Å². The Morgan fingerprint density at radius 3 is 2.33 bits per heavy atom. The zero-order valence-corrected chi connectivity index (χ0v) is 22.4. The molecule has 0 radical (unpaired) electrons. The third-order valence-electron chi connectivity index (χ3n) is 6.07. The van der Waals surface area contributed by atoms with Crippen LogP contribution in [0.1, 0.15) is 53.2 Å². The van der Waals surface area contributed by atoms with E-state index in [9.17, 15) is 9.59 Å². The summed E-state index contributed by atoms with van der Waals surface area (Å²) in [6.07, 6.45) is 0. The molecule has 3 aromatic rings. The van der Waals surface area contributed by atoms with Crippen molar-refractivity contribution >= 4 is 35.2 Å². The van der Waals surface area contributed by atoms with Crippen molar-refractivity contribution in [1.29, 1.82) is 0 Å². The van der Waals surface area contributed by atoms with Gasteiger partial charge < -0.3 is 15.0 Å². The van der Waals surface area contributed by atoms with E-state index in [1.165, 1.54) is 5.56 Å². The normalized spacial score (nSPS) is 15.7. The molecule has 0 spiro atoms. The Morgan fingerprint density at radius 2 is 1.69 bits per heavy atom. The van der Waals surface area contributed by atoms with E-state index in [0.29, 0.717) is 36.0 Å². The first-order valence-corrected chi connectivity index (χ1v) is 13.4. The summed E-state index contributed by atoms with van der Waals surface area (Å²) in [5.41, 5.74) is 3.96. The number of nitrogens with zero attached hydrogens (tertiary/aromatic N) is 1. The molecule has 5 nitrogen and oxygen atoms in total. The lowest BCUT2D eigenvalue weighted by atomic mass is 9.87. The van der Waals surface area contributed by atoms with Gasteiger partial charge in [0.1, 0.15) is 17.7 Å². The number of hydrogen-bond donors (Lipinski definition) is 1. The summed E-state index contributed by atoms with van der Waals surface area (Å²) in [7, 11) is 0. The van der Waals surface area contributed by atoms with Crippen molar-refractivity contribution in [3.63, 3.8) is 0 Å². The molecule has 0 aliphatic carbocycles. The van der Waals surface area contributed by atoms with Crippen LogP contribution in [0, 0.1) is 0 Å². The van der Waals surface area contributed by atoms with Gasteiger partial charge in [0, 0.05) is 17.1 Å². The van der Waals surface area contributed by atoms with Crippen molar-refractivity contribution in [2.24, 2.45) is 0 Å². The van der Waals surface area contributed by atoms with E-state index < -0.39 is 0 Å². The topological polar surface area (TPSA) is 58.6 Å². The fourth-order valence-electron chi connectivity index (χ4n) is 3.97. The van der Waals surface area contributed by atoms with Gasteiger partial charge in [0.15, 0.2) is 0 Å². The summed E-state index contributed by atoms with van der Waals surface area (Å²) in [6, 6.07) is 23.1. The maximum absolute atomic E-state index is 12.6. The number of ether oxygens (including phenoxy) is 1. The Morgan fingerprint density at radius 1 is 1.03 bits per heavy atom. The van der Waals surface area contributed by atoms with E-state index in [-0.39, 0.29) is 22.6 Å². The van der Waals surface area contributed by atoms with Gasteiger partial charge in [-0.3, -0.25) is 9.59 Å². The average molecular weight is 523 g/mol. The highest BCUT2D eigenvalue weighted by atomic mass is 35.5. The fourth-order valence-corrected chi connectivity index (χ4v) is 5.29. The summed E-state index contributed by atoms with van der Waals surface area (Å²) in [5, 5.41) is 3.50. The molecule has 2 amide bonds. The first kappa shape index (κ1) is 26.1. The first-order valence-electron chi connectivity index (χ1n) is 12.0. The zero-order chi connectivity index (χ0) is 25.7. The Labute approximate surface area is 222 Å². The number of thioether (sulfide) groups is 1. The van der Waals surface area contributed by atoms with Gasteiger partial charge in [0.2, 0.25) is 5.91 Å². The Balaban J connectivity index is 1.28. The summed E-state index contributed by atoms with van der Waals surface area (Å²) in [6.45, 7) is 7.84. The minimum Gasteiger partial charge on any atom is -0.492 e. The molecule has 1 saturated heterocycles. The molecule has 1 atom stereocenters. The molecule has 1 fully saturated rings. The van der Waals surface area contributed by atoms with E-state index in [1.54, 1.807) is 23.9 Å². The maximum Gasteiger partial charge on any atom is 0.251 e. The van der Waals surface area contributed by atoms with Gasteiger partial charge in [-0.05, 0) is 58.5 Å². The lowest BCUT2D eigenvalue weighted by molar-refractivity contribution is -0.128. The molecule has 0 unspecified atom stereocenters. The highest BCUT2D eigenvalue weighted by Gasteiger charge is 2.32. The van der Waals surface area contributed by atoms with Crippen molar-refractivity contribution in [3.05, 3.63) is 100 Å². The van der Waals surface area contributed by atoms with Gasteiger partial charge in [-0.1, -0.05) is 68.8 Å². The predicted octanol–water partition coefficient (Wildman–Crippen LogP) is 6.22. The van der Waals surface area contributed by atoms with Crippen molar-refractivity contribution in [3.8, 4) is 5.75 Å². The molecule has 0 saturated carbocycles. The quantitative estimate of drug-likeness (QED) is 0.357. The van der Waals surface area contributed by atoms with Crippen LogP contribution in [0.15, 0.2) is 72.8 Å². The van der Waals surface area contributed by atoms with Crippen molar-refractivity contribution < 1.29 is 14.3 Å². The van der Waals surface area contributed by atoms with Gasteiger partial charge in [0.05, 0.1) is 12.3 Å². The van der Waals surface area contributed by atoms with Crippen molar-refractivity contribution in [2.45, 2.75) is 38.1 Å². The third-order valence-corrected chi connectivity index (χ3v) is 7.58. The van der Waals surface area contributed by atoms with Gasteiger partial charge >= 0.3 is 0 Å². The average Bonchev–Trinajstić information content (AvgIpc) is 3.22. The lowest BCUT2D eigenvalue weighted by Crippen LogP contribution is -2.28. The van der Waals surface area contributed by atoms with E-state index >= 15 is 0 Å². The minimum absolute atomic E-state index is 0.0802. The number of hydrogen-bond acceptors (Lipinski definition) is 4. The fraction of sp³-hybridized carbons (Fsp3) is 0.310. The standard InChI is InChI=1S/C29H31ClN2O3S/c1-29(2,3)23-10-14-25(15-11-23)35-17-16-31-27(34)21-6-8-22(9-7-21)28-32(26(33)19-36-28)18-20-4-12-24(30)13-5-20/h4-15,28H,16-19H2,1-3H3,(H,31,34)/t28-/m1/s1. The van der Waals surface area contributed by atoms with Gasteiger partial charge in [-0.15, -0.1) is 11.8 Å². The SMILES string of the molecule is CC(C)(C)c1ccc(OCCNC(=O)c2ccc([C@H]3SCC(=O)N3Cc3ccc(Cl)cc3)cc2)cc1. The van der Waals surface area contributed by atoms with Gasteiger partial charge in [0.25, 0.3) is 5.91 Å². The second-order valence-corrected chi connectivity index (χ2v) is 11.3. The molecule has 7 heteroatoms. The maximum atomic E-state index is 12.6. The van der Waals surface area contributed by atoms with E-state index in [2.05, 4.69) is 38.2 Å². The lowest BCUT2D eigenvalue weighted by Gasteiger charge is -2.24. The molecule has 1 heterocycles. The van der Waals surface area contributed by atoms with E-state index in [1.807, 2.05) is 53.4 Å². The van der Waals surface area contributed by atoms with Gasteiger partial charge in [-0.2, -0.15) is 0 Å². The molecule has 1 N–H and O–H groups in total. The summed E-state index contributed by atoms with van der Waals surface area (Å²) < 4.78 is 5.76. The number of amides is 2. The molecule has 0 bridgehead atoms. The molecule has 4 rings (SSSR count). The number of nitrogens with one attached hydrogen (secondary N) is 1. The highest BCUT2D eigenvalue weighted by Crippen LogP contribution is 2.39. The van der Waals surface area contributed by atoms with Crippen molar-refractivity contribution in [2.75, 3.05) is 18.9 Å². The molecule has 0 aromatic heterocycles. The summed E-state index contributed by atoms with van der Waals surface area (Å²) in [4.78, 5) is 27.0. The minimum atomic E-state index is -0.151. The Hall–Kier alpha value is -2.96. The summed E-state index contributed by atoms with van der Waals surface area (Å²) >= 11 is 7.58. The van der Waals surface area contributed by atoms with Crippen LogP contribution >= 0.6 is 23.4 Å². The molecule has 36 heavy (non-hydrogen) atoms. The molecule has 188 valence electrons. The van der Waals surface area contributed by atoms with E-state index in [4.69, 9.17) is 16.3 Å². The molecule has 1 aliphatic heterocycles. The summed E-state index contributed by atoms with van der Waals surface area (Å²) in [5.74, 6) is 1.18. The third kappa shape index (κ3) is 6.62. The van der Waals surface area contributed by atoms with Crippen LogP contribution in [0.2, 0.25) is 5.02 Å². The molecular formula is C29H31ClN2O3S. The number of halogens is 1. The number of carbonyl (C=O) groups excluding carboxylic acids is 2. The second-order valence-electron chi connectivity index (χ2n) is 9.81. The number of rotatable bonds is 8. The van der Waals surface area contributed by atoms with Crippen LogP contribution in [0.5, 0.6) is 5.75 Å². The molecule has 1 aliphatic rings. The monoisotopic (exact) mass is 522 g/mol. The molecule has 3 aromatic carbocycles. The van der Waals surface area contributed by atoms with Crippen LogP contribution in [0.4, 0.5) is 0 Å². The van der Waals surface area contributed by atoms with Gasteiger partial charge in [-0.25, -0.2) is 0 Å². The first-order chi connectivity index (χ1) is 17.2. The predicted molar refractivity (Wildman–Crippen MR) is 147 cm³/mol. The Kier molecular flexibility index (Phi) is 8.27. The highest BCUT2D eigenvalue weighted by molar-refractivity contribution is 8.00. The zero-order valence-electron chi connectivity index (χ0n) is 20.8. The smallest absolute Gasteiger partial charge is 0.251 e. The number of carbonyl (C=O) groups is 2. The molecular weight excluding hydrogens is 492 g/mol. The van der Waals surface area contributed by atoms with E-state index in [0.717, 1.165) is 16.9 Å². The second kappa shape index (κ2) is 11.4.